The number of aliphatic hydroxyl groups is 1. The molecule has 2 N–H and O–H groups in total. The molecule has 0 fully saturated rings. The van der Waals surface area contributed by atoms with Crippen LogP contribution in [0.4, 0.5) is 13.2 Å². The first kappa shape index (κ1) is 17.7. The molecular formula is C12H25F3N2O. The molecule has 0 radical (unpaired) electrons. The van der Waals surface area contributed by atoms with Gasteiger partial charge in [-0.2, -0.15) is 13.2 Å². The lowest BCUT2D eigenvalue weighted by atomic mass is 9.97. The van der Waals surface area contributed by atoms with Crippen molar-refractivity contribution in [1.82, 2.24) is 10.2 Å². The second-order valence-corrected chi connectivity index (χ2v) is 5.25. The van der Waals surface area contributed by atoms with Crippen molar-refractivity contribution < 1.29 is 18.3 Å². The second kappa shape index (κ2) is 7.31. The van der Waals surface area contributed by atoms with Gasteiger partial charge >= 0.3 is 6.18 Å². The highest BCUT2D eigenvalue weighted by Gasteiger charge is 2.31. The van der Waals surface area contributed by atoms with Crippen LogP contribution < -0.4 is 5.32 Å². The van der Waals surface area contributed by atoms with E-state index >= 15 is 0 Å². The Morgan fingerprint density at radius 3 is 2.17 bits per heavy atom. The third-order valence-corrected chi connectivity index (χ3v) is 2.82. The maximum atomic E-state index is 12.3. The molecule has 0 aromatic rings. The summed E-state index contributed by atoms with van der Waals surface area (Å²) in [4.78, 5) is 1.34. The first-order valence-electron chi connectivity index (χ1n) is 6.29. The zero-order chi connectivity index (χ0) is 14.4. The van der Waals surface area contributed by atoms with Crippen LogP contribution >= 0.6 is 0 Å². The van der Waals surface area contributed by atoms with Gasteiger partial charge in [0.25, 0.3) is 0 Å². The van der Waals surface area contributed by atoms with E-state index in [0.717, 1.165) is 0 Å². The Labute approximate surface area is 107 Å². The van der Waals surface area contributed by atoms with Crippen molar-refractivity contribution in [1.29, 1.82) is 0 Å². The van der Waals surface area contributed by atoms with E-state index in [9.17, 15) is 18.3 Å². The molecule has 18 heavy (non-hydrogen) atoms. The molecule has 0 aliphatic heterocycles. The summed E-state index contributed by atoms with van der Waals surface area (Å²) in [6.07, 6.45) is -3.69. The fraction of sp³-hybridized carbons (Fsp3) is 1.00. The largest absolute Gasteiger partial charge is 0.401 e. The van der Waals surface area contributed by atoms with E-state index in [-0.39, 0.29) is 12.6 Å². The van der Waals surface area contributed by atoms with Crippen LogP contribution in [0, 0.1) is 0 Å². The summed E-state index contributed by atoms with van der Waals surface area (Å²) in [6.45, 7) is 7.10. The number of aliphatic hydroxyl groups excluding tert-OH is 1. The Morgan fingerprint density at radius 1 is 1.28 bits per heavy atom. The zero-order valence-electron chi connectivity index (χ0n) is 11.6. The summed E-state index contributed by atoms with van der Waals surface area (Å²) < 4.78 is 36.9. The molecule has 1 atom stereocenters. The lowest BCUT2D eigenvalue weighted by Crippen LogP contribution is -2.51. The number of nitrogens with zero attached hydrogens (tertiary/aromatic N) is 1. The Kier molecular flexibility index (Phi) is 7.17. The number of nitrogens with one attached hydrogen (secondary N) is 1. The normalized spacial score (nSPS) is 16.3. The van der Waals surface area contributed by atoms with Gasteiger partial charge in [0.15, 0.2) is 0 Å². The summed E-state index contributed by atoms with van der Waals surface area (Å²) in [6, 6.07) is 0.180. The van der Waals surface area contributed by atoms with Gasteiger partial charge in [0, 0.05) is 18.1 Å². The van der Waals surface area contributed by atoms with Crippen LogP contribution in [0.2, 0.25) is 0 Å². The fourth-order valence-corrected chi connectivity index (χ4v) is 1.90. The minimum absolute atomic E-state index is 0.0885. The Balaban J connectivity index is 4.32. The third kappa shape index (κ3) is 7.89. The van der Waals surface area contributed by atoms with Gasteiger partial charge in [0.1, 0.15) is 0 Å². The average molecular weight is 270 g/mol. The molecule has 0 heterocycles. The number of rotatable bonds is 8. The van der Waals surface area contributed by atoms with Crippen LogP contribution in [-0.2, 0) is 0 Å². The Hall–Kier alpha value is -0.330. The summed E-state index contributed by atoms with van der Waals surface area (Å²) in [5, 5.41) is 12.5. The van der Waals surface area contributed by atoms with Crippen LogP contribution in [0.1, 0.15) is 34.1 Å². The molecule has 0 saturated carbocycles. The standard InChI is InChI=1S/C12H25F3N2O/c1-5-17(8-12(13,14)15)7-6-11(4,9-18)16-10(2)3/h10,16,18H,5-9H2,1-4H3. The Bertz CT molecular complexity index is 234. The molecule has 3 nitrogen and oxygen atoms in total. The van der Waals surface area contributed by atoms with Crippen molar-refractivity contribution in [2.45, 2.75) is 51.9 Å². The van der Waals surface area contributed by atoms with E-state index in [1.54, 1.807) is 6.92 Å². The molecule has 0 rings (SSSR count). The second-order valence-electron chi connectivity index (χ2n) is 5.25. The highest BCUT2D eigenvalue weighted by Crippen LogP contribution is 2.18. The maximum Gasteiger partial charge on any atom is 0.401 e. The molecule has 0 aliphatic carbocycles. The minimum atomic E-state index is -4.17. The van der Waals surface area contributed by atoms with Crippen molar-refractivity contribution in [3.8, 4) is 0 Å². The van der Waals surface area contributed by atoms with Crippen LogP contribution in [-0.4, -0.2) is 54.0 Å². The smallest absolute Gasteiger partial charge is 0.394 e. The van der Waals surface area contributed by atoms with Gasteiger partial charge < -0.3 is 10.4 Å². The number of hydrogen-bond donors (Lipinski definition) is 2. The summed E-state index contributed by atoms with van der Waals surface area (Å²) >= 11 is 0. The van der Waals surface area contributed by atoms with E-state index in [0.29, 0.717) is 19.5 Å². The van der Waals surface area contributed by atoms with E-state index in [1.807, 2.05) is 20.8 Å². The van der Waals surface area contributed by atoms with E-state index in [1.165, 1.54) is 4.90 Å². The van der Waals surface area contributed by atoms with Gasteiger partial charge in [-0.25, -0.2) is 0 Å². The zero-order valence-corrected chi connectivity index (χ0v) is 11.6. The number of hydrogen-bond acceptors (Lipinski definition) is 3. The van der Waals surface area contributed by atoms with Gasteiger partial charge in [-0.1, -0.05) is 20.8 Å². The summed E-state index contributed by atoms with van der Waals surface area (Å²) in [5.74, 6) is 0. The lowest BCUT2D eigenvalue weighted by Gasteiger charge is -2.33. The van der Waals surface area contributed by atoms with E-state index < -0.39 is 18.3 Å². The first-order valence-corrected chi connectivity index (χ1v) is 6.29. The Morgan fingerprint density at radius 2 is 1.83 bits per heavy atom. The fourth-order valence-electron chi connectivity index (χ4n) is 1.90. The molecule has 0 saturated heterocycles. The summed E-state index contributed by atoms with van der Waals surface area (Å²) in [7, 11) is 0. The lowest BCUT2D eigenvalue weighted by molar-refractivity contribution is -0.146. The van der Waals surface area contributed by atoms with Gasteiger partial charge in [0.2, 0.25) is 0 Å². The van der Waals surface area contributed by atoms with Gasteiger partial charge in [-0.3, -0.25) is 4.90 Å². The molecule has 0 spiro atoms. The molecule has 1 unspecified atom stereocenters. The van der Waals surface area contributed by atoms with E-state index in [2.05, 4.69) is 5.32 Å². The third-order valence-electron chi connectivity index (χ3n) is 2.82. The van der Waals surface area contributed by atoms with Crippen LogP contribution in [0.25, 0.3) is 0 Å². The monoisotopic (exact) mass is 270 g/mol. The van der Waals surface area contributed by atoms with Crippen LogP contribution in [0.15, 0.2) is 0 Å². The van der Waals surface area contributed by atoms with Gasteiger partial charge in [-0.05, 0) is 19.9 Å². The predicted octanol–water partition coefficient (Wildman–Crippen LogP) is 2.01. The minimum Gasteiger partial charge on any atom is -0.394 e. The quantitative estimate of drug-likeness (QED) is 0.708. The van der Waals surface area contributed by atoms with Crippen molar-refractivity contribution in [2.24, 2.45) is 0 Å². The van der Waals surface area contributed by atoms with Gasteiger partial charge in [0.05, 0.1) is 13.2 Å². The highest BCUT2D eigenvalue weighted by molar-refractivity contribution is 4.85. The SMILES string of the molecule is CCN(CCC(C)(CO)NC(C)C)CC(F)(F)F. The molecule has 0 aliphatic rings. The van der Waals surface area contributed by atoms with Crippen molar-refractivity contribution in [2.75, 3.05) is 26.2 Å². The topological polar surface area (TPSA) is 35.5 Å². The first-order chi connectivity index (χ1) is 8.12. The van der Waals surface area contributed by atoms with Crippen molar-refractivity contribution in [3.63, 3.8) is 0 Å². The molecule has 6 heteroatoms. The molecule has 0 aromatic carbocycles. The van der Waals surface area contributed by atoms with Gasteiger partial charge in [-0.15, -0.1) is 0 Å². The van der Waals surface area contributed by atoms with Crippen molar-refractivity contribution >= 4 is 0 Å². The van der Waals surface area contributed by atoms with Crippen LogP contribution in [0.5, 0.6) is 0 Å². The molecule has 0 amide bonds. The highest BCUT2D eigenvalue weighted by atomic mass is 19.4. The number of alkyl halides is 3. The number of halogens is 3. The average Bonchev–Trinajstić information content (AvgIpc) is 2.21. The maximum absolute atomic E-state index is 12.3. The summed E-state index contributed by atoms with van der Waals surface area (Å²) in [5.41, 5.74) is -0.535. The predicted molar refractivity (Wildman–Crippen MR) is 66.5 cm³/mol. The molecule has 110 valence electrons. The molecule has 0 aromatic heterocycles. The van der Waals surface area contributed by atoms with Crippen LogP contribution in [0.3, 0.4) is 0 Å². The van der Waals surface area contributed by atoms with E-state index in [4.69, 9.17) is 0 Å². The van der Waals surface area contributed by atoms with Crippen molar-refractivity contribution in [3.05, 3.63) is 0 Å². The molecule has 0 bridgehead atoms. The molecular weight excluding hydrogens is 245 g/mol.